The van der Waals surface area contributed by atoms with Crippen LogP contribution in [0.15, 0.2) is 0 Å². The third-order valence-corrected chi connectivity index (χ3v) is 3.14. The van der Waals surface area contributed by atoms with E-state index in [0.29, 0.717) is 6.04 Å². The summed E-state index contributed by atoms with van der Waals surface area (Å²) in [6, 6.07) is 0.453. The molecular weight excluding hydrogens is 202 g/mol. The molecule has 1 saturated heterocycles. The summed E-state index contributed by atoms with van der Waals surface area (Å²) in [5, 5.41) is 0. The molecule has 1 fully saturated rings. The first-order chi connectivity index (χ1) is 7.35. The first kappa shape index (κ1) is 13.5. The second kappa shape index (κ2) is 5.17. The summed E-state index contributed by atoms with van der Waals surface area (Å²) in [6.45, 7) is 10.9. The Hall–Kier alpha value is -0.570. The third-order valence-electron chi connectivity index (χ3n) is 3.14. The van der Waals surface area contributed by atoms with Crippen molar-refractivity contribution in [1.29, 1.82) is 0 Å². The molecule has 0 N–H and O–H groups in total. The molecule has 0 aromatic carbocycles. The van der Waals surface area contributed by atoms with Gasteiger partial charge in [0.05, 0.1) is 0 Å². The van der Waals surface area contributed by atoms with E-state index in [0.717, 1.165) is 13.0 Å². The van der Waals surface area contributed by atoms with Gasteiger partial charge in [-0.3, -0.25) is 9.69 Å². The van der Waals surface area contributed by atoms with Crippen molar-refractivity contribution in [3.8, 4) is 0 Å². The highest BCUT2D eigenvalue weighted by Gasteiger charge is 2.33. The van der Waals surface area contributed by atoms with Gasteiger partial charge in [0.25, 0.3) is 0 Å². The minimum Gasteiger partial charge on any atom is -0.459 e. The second-order valence-electron chi connectivity index (χ2n) is 5.65. The van der Waals surface area contributed by atoms with Crippen LogP contribution in [0.2, 0.25) is 0 Å². The first-order valence-electron chi connectivity index (χ1n) is 6.33. The molecule has 3 nitrogen and oxygen atoms in total. The van der Waals surface area contributed by atoms with Crippen molar-refractivity contribution in [1.82, 2.24) is 4.90 Å². The van der Waals surface area contributed by atoms with Crippen LogP contribution in [0.5, 0.6) is 0 Å². The molecule has 1 rings (SSSR count). The molecule has 16 heavy (non-hydrogen) atoms. The summed E-state index contributed by atoms with van der Waals surface area (Å²) in [6.07, 6.45) is 3.53. The molecule has 2 atom stereocenters. The van der Waals surface area contributed by atoms with Crippen LogP contribution in [0.4, 0.5) is 0 Å². The number of nitrogens with zero attached hydrogens (tertiary/aromatic N) is 1. The van der Waals surface area contributed by atoms with E-state index in [1.54, 1.807) is 0 Å². The summed E-state index contributed by atoms with van der Waals surface area (Å²) >= 11 is 0. The van der Waals surface area contributed by atoms with Crippen molar-refractivity contribution in [3.63, 3.8) is 0 Å². The summed E-state index contributed by atoms with van der Waals surface area (Å²) in [4.78, 5) is 14.2. The SMILES string of the molecule is CCC1CCCN1C(C)C(=O)OC(C)(C)C. The van der Waals surface area contributed by atoms with Crippen LogP contribution in [0, 0.1) is 0 Å². The monoisotopic (exact) mass is 227 g/mol. The zero-order chi connectivity index (χ0) is 12.3. The lowest BCUT2D eigenvalue weighted by atomic mass is 10.1. The molecule has 3 heteroatoms. The number of hydrogen-bond acceptors (Lipinski definition) is 3. The van der Waals surface area contributed by atoms with Gasteiger partial charge in [-0.05, 0) is 53.5 Å². The average molecular weight is 227 g/mol. The number of rotatable bonds is 3. The Balaban J connectivity index is 2.56. The molecule has 0 bridgehead atoms. The van der Waals surface area contributed by atoms with Crippen LogP contribution < -0.4 is 0 Å². The summed E-state index contributed by atoms with van der Waals surface area (Å²) < 4.78 is 5.42. The van der Waals surface area contributed by atoms with Gasteiger partial charge in [-0.15, -0.1) is 0 Å². The zero-order valence-electron chi connectivity index (χ0n) is 11.2. The van der Waals surface area contributed by atoms with Gasteiger partial charge in [-0.1, -0.05) is 6.92 Å². The zero-order valence-corrected chi connectivity index (χ0v) is 11.2. The van der Waals surface area contributed by atoms with Gasteiger partial charge in [0, 0.05) is 6.04 Å². The van der Waals surface area contributed by atoms with Gasteiger partial charge in [0.2, 0.25) is 0 Å². The van der Waals surface area contributed by atoms with E-state index < -0.39 is 0 Å². The molecule has 0 saturated carbocycles. The van der Waals surface area contributed by atoms with Crippen LogP contribution >= 0.6 is 0 Å². The largest absolute Gasteiger partial charge is 0.459 e. The van der Waals surface area contributed by atoms with Gasteiger partial charge < -0.3 is 4.74 Å². The minimum absolute atomic E-state index is 0.0900. The van der Waals surface area contributed by atoms with Gasteiger partial charge in [0.15, 0.2) is 0 Å². The Labute approximate surface area is 99.1 Å². The molecule has 1 aliphatic rings. The molecule has 0 amide bonds. The van der Waals surface area contributed by atoms with E-state index in [-0.39, 0.29) is 17.6 Å². The molecule has 1 aliphatic heterocycles. The fourth-order valence-corrected chi connectivity index (χ4v) is 2.33. The highest BCUT2D eigenvalue weighted by molar-refractivity contribution is 5.75. The van der Waals surface area contributed by atoms with Gasteiger partial charge in [-0.25, -0.2) is 0 Å². The van der Waals surface area contributed by atoms with Crippen molar-refractivity contribution in [2.45, 2.75) is 71.6 Å². The third kappa shape index (κ3) is 3.48. The van der Waals surface area contributed by atoms with Crippen LogP contribution in [0.1, 0.15) is 53.9 Å². The lowest BCUT2D eigenvalue weighted by molar-refractivity contribution is -0.161. The maximum Gasteiger partial charge on any atom is 0.323 e. The minimum atomic E-state index is -0.382. The van der Waals surface area contributed by atoms with E-state index in [2.05, 4.69) is 11.8 Å². The predicted octanol–water partition coefficient (Wildman–Crippen LogP) is 2.59. The summed E-state index contributed by atoms with van der Waals surface area (Å²) in [5.74, 6) is -0.0900. The summed E-state index contributed by atoms with van der Waals surface area (Å²) in [5.41, 5.74) is -0.382. The van der Waals surface area contributed by atoms with E-state index >= 15 is 0 Å². The lowest BCUT2D eigenvalue weighted by Gasteiger charge is -2.31. The molecule has 0 radical (unpaired) electrons. The van der Waals surface area contributed by atoms with Crippen LogP contribution in [0.3, 0.4) is 0 Å². The normalized spacial score (nSPS) is 24.4. The Bertz CT molecular complexity index is 245. The molecule has 0 aromatic rings. The number of carbonyl (C=O) groups excluding carboxylic acids is 1. The van der Waals surface area contributed by atoms with Gasteiger partial charge >= 0.3 is 5.97 Å². The van der Waals surface area contributed by atoms with Gasteiger partial charge in [0.1, 0.15) is 11.6 Å². The molecule has 1 heterocycles. The Morgan fingerprint density at radius 1 is 1.50 bits per heavy atom. The van der Waals surface area contributed by atoms with Crippen LogP contribution in [-0.2, 0) is 9.53 Å². The van der Waals surface area contributed by atoms with Crippen molar-refractivity contribution in [2.24, 2.45) is 0 Å². The Kier molecular flexibility index (Phi) is 4.36. The highest BCUT2D eigenvalue weighted by atomic mass is 16.6. The fraction of sp³-hybridized carbons (Fsp3) is 0.923. The number of ether oxygens (including phenoxy) is 1. The molecule has 94 valence electrons. The molecule has 0 spiro atoms. The number of carbonyl (C=O) groups is 1. The van der Waals surface area contributed by atoms with E-state index in [9.17, 15) is 4.79 Å². The Morgan fingerprint density at radius 3 is 2.62 bits per heavy atom. The van der Waals surface area contributed by atoms with E-state index in [1.807, 2.05) is 27.7 Å². The molecule has 0 aliphatic carbocycles. The average Bonchev–Trinajstić information content (AvgIpc) is 2.61. The first-order valence-corrected chi connectivity index (χ1v) is 6.33. The lowest BCUT2D eigenvalue weighted by Crippen LogP contribution is -2.44. The quantitative estimate of drug-likeness (QED) is 0.694. The Morgan fingerprint density at radius 2 is 2.12 bits per heavy atom. The van der Waals surface area contributed by atoms with E-state index in [1.165, 1.54) is 12.8 Å². The number of esters is 1. The smallest absolute Gasteiger partial charge is 0.323 e. The second-order valence-corrected chi connectivity index (χ2v) is 5.65. The molecule has 2 unspecified atom stereocenters. The van der Waals surface area contributed by atoms with Crippen molar-refractivity contribution in [2.75, 3.05) is 6.54 Å². The van der Waals surface area contributed by atoms with Crippen molar-refractivity contribution in [3.05, 3.63) is 0 Å². The molecular formula is C13H25NO2. The van der Waals surface area contributed by atoms with Crippen molar-refractivity contribution >= 4 is 5.97 Å². The van der Waals surface area contributed by atoms with Crippen LogP contribution in [-0.4, -0.2) is 35.1 Å². The number of likely N-dealkylation sites (tertiary alicyclic amines) is 1. The standard InChI is InChI=1S/C13H25NO2/c1-6-11-8-7-9-14(11)10(2)12(15)16-13(3,4)5/h10-11H,6-9H2,1-5H3. The number of hydrogen-bond donors (Lipinski definition) is 0. The van der Waals surface area contributed by atoms with Gasteiger partial charge in [-0.2, -0.15) is 0 Å². The highest BCUT2D eigenvalue weighted by Crippen LogP contribution is 2.23. The van der Waals surface area contributed by atoms with Crippen molar-refractivity contribution < 1.29 is 9.53 Å². The topological polar surface area (TPSA) is 29.5 Å². The van der Waals surface area contributed by atoms with E-state index in [4.69, 9.17) is 4.74 Å². The fourth-order valence-electron chi connectivity index (χ4n) is 2.33. The summed E-state index contributed by atoms with van der Waals surface area (Å²) in [7, 11) is 0. The van der Waals surface area contributed by atoms with Crippen LogP contribution in [0.25, 0.3) is 0 Å². The molecule has 0 aromatic heterocycles. The predicted molar refractivity (Wildman–Crippen MR) is 65.3 cm³/mol. The maximum atomic E-state index is 11.9. The maximum absolute atomic E-state index is 11.9.